The second-order valence-corrected chi connectivity index (χ2v) is 6.55. The van der Waals surface area contributed by atoms with Crippen molar-refractivity contribution < 1.29 is 4.79 Å². The van der Waals surface area contributed by atoms with Crippen LogP contribution in [0.25, 0.3) is 0 Å². The van der Waals surface area contributed by atoms with E-state index in [1.807, 2.05) is 0 Å². The summed E-state index contributed by atoms with van der Waals surface area (Å²) in [6.45, 7) is 0.104. The highest BCUT2D eigenvalue weighted by atomic mass is 35.5. The molecule has 3 nitrogen and oxygen atoms in total. The van der Waals surface area contributed by atoms with Crippen LogP contribution in [0.5, 0.6) is 0 Å². The molecule has 1 aliphatic carbocycles. The first-order valence-corrected chi connectivity index (χ1v) is 7.33. The van der Waals surface area contributed by atoms with Gasteiger partial charge in [-0.3, -0.25) is 4.79 Å². The molecule has 1 amide bonds. The van der Waals surface area contributed by atoms with Crippen molar-refractivity contribution in [2.75, 3.05) is 6.54 Å². The molecule has 18 heavy (non-hydrogen) atoms. The van der Waals surface area contributed by atoms with Gasteiger partial charge in [0.1, 0.15) is 10.9 Å². The summed E-state index contributed by atoms with van der Waals surface area (Å²) in [4.78, 5) is 14.0. The summed E-state index contributed by atoms with van der Waals surface area (Å²) in [5.74, 6) is -0.184. The van der Waals surface area contributed by atoms with Gasteiger partial charge in [0.2, 0.25) is 0 Å². The third kappa shape index (κ3) is 2.80. The molecule has 0 bridgehead atoms. The van der Waals surface area contributed by atoms with Gasteiger partial charge in [-0.05, 0) is 18.9 Å². The molecule has 0 N–H and O–H groups in total. The van der Waals surface area contributed by atoms with E-state index in [9.17, 15) is 4.79 Å². The number of halogens is 2. The zero-order valence-corrected chi connectivity index (χ0v) is 12.0. The summed E-state index contributed by atoms with van der Waals surface area (Å²) in [5.41, 5.74) is 0.411. The molecule has 1 aromatic rings. The standard InChI is InChI=1S/C12H12Cl2N2OS/c13-10-7-9(11(14)18-10)12(17)16(6-5-15)8-3-1-2-4-8/h7-8H,1-4,6H2. The highest BCUT2D eigenvalue weighted by Gasteiger charge is 2.29. The molecule has 1 saturated carbocycles. The van der Waals surface area contributed by atoms with Gasteiger partial charge in [-0.2, -0.15) is 5.26 Å². The number of amides is 1. The normalized spacial score (nSPS) is 15.6. The van der Waals surface area contributed by atoms with Crippen LogP contribution in [0, 0.1) is 11.3 Å². The highest BCUT2D eigenvalue weighted by Crippen LogP contribution is 2.33. The van der Waals surface area contributed by atoms with Gasteiger partial charge in [-0.25, -0.2) is 0 Å². The lowest BCUT2D eigenvalue weighted by atomic mass is 10.2. The molecular formula is C12H12Cl2N2OS. The quantitative estimate of drug-likeness (QED) is 0.793. The smallest absolute Gasteiger partial charge is 0.257 e. The number of hydrogen-bond donors (Lipinski definition) is 0. The predicted molar refractivity (Wildman–Crippen MR) is 73.2 cm³/mol. The summed E-state index contributed by atoms with van der Waals surface area (Å²) < 4.78 is 0.887. The van der Waals surface area contributed by atoms with Gasteiger partial charge >= 0.3 is 0 Å². The Kier molecular flexibility index (Phi) is 4.50. The van der Waals surface area contributed by atoms with E-state index in [1.165, 1.54) is 11.3 Å². The average Bonchev–Trinajstić information content (AvgIpc) is 2.95. The Morgan fingerprint density at radius 2 is 2.17 bits per heavy atom. The van der Waals surface area contributed by atoms with Crippen LogP contribution in [0.3, 0.4) is 0 Å². The molecule has 0 unspecified atom stereocenters. The molecule has 0 aromatic carbocycles. The molecular weight excluding hydrogens is 291 g/mol. The van der Waals surface area contributed by atoms with Gasteiger partial charge in [0.15, 0.2) is 0 Å². The lowest BCUT2D eigenvalue weighted by Gasteiger charge is -2.26. The van der Waals surface area contributed by atoms with Crippen LogP contribution in [-0.4, -0.2) is 23.4 Å². The maximum absolute atomic E-state index is 12.4. The van der Waals surface area contributed by atoms with Crippen molar-refractivity contribution in [2.45, 2.75) is 31.7 Å². The first kappa shape index (κ1) is 13.7. The molecule has 0 radical (unpaired) electrons. The van der Waals surface area contributed by atoms with Gasteiger partial charge in [-0.15, -0.1) is 11.3 Å². The second-order valence-electron chi connectivity index (χ2n) is 4.27. The second kappa shape index (κ2) is 5.92. The number of nitriles is 1. The average molecular weight is 303 g/mol. The Morgan fingerprint density at radius 1 is 1.50 bits per heavy atom. The zero-order valence-electron chi connectivity index (χ0n) is 9.66. The minimum Gasteiger partial charge on any atom is -0.322 e. The molecule has 1 aromatic heterocycles. The summed E-state index contributed by atoms with van der Waals surface area (Å²) in [6, 6.07) is 3.79. The Hall–Kier alpha value is -0.760. The van der Waals surface area contributed by atoms with Gasteiger partial charge < -0.3 is 4.90 Å². The van der Waals surface area contributed by atoms with Crippen molar-refractivity contribution in [1.29, 1.82) is 5.26 Å². The van der Waals surface area contributed by atoms with E-state index in [2.05, 4.69) is 6.07 Å². The third-order valence-corrected chi connectivity index (χ3v) is 4.64. The van der Waals surface area contributed by atoms with Crippen LogP contribution in [0.15, 0.2) is 6.07 Å². The van der Waals surface area contributed by atoms with Crippen molar-refractivity contribution in [1.82, 2.24) is 4.90 Å². The topological polar surface area (TPSA) is 44.1 Å². The number of hydrogen-bond acceptors (Lipinski definition) is 3. The van der Waals surface area contributed by atoms with E-state index >= 15 is 0 Å². The molecule has 1 aliphatic rings. The molecule has 96 valence electrons. The van der Waals surface area contributed by atoms with Crippen molar-refractivity contribution in [2.24, 2.45) is 0 Å². The van der Waals surface area contributed by atoms with Crippen LogP contribution in [0.1, 0.15) is 36.0 Å². The summed E-state index contributed by atoms with van der Waals surface area (Å²) >= 11 is 13.0. The Morgan fingerprint density at radius 3 is 2.67 bits per heavy atom. The fraction of sp³-hybridized carbons (Fsp3) is 0.500. The van der Waals surface area contributed by atoms with E-state index in [1.54, 1.807) is 11.0 Å². The molecule has 6 heteroatoms. The molecule has 2 rings (SSSR count). The zero-order chi connectivity index (χ0) is 13.1. The van der Waals surface area contributed by atoms with Gasteiger partial charge in [0.05, 0.1) is 16.0 Å². The maximum atomic E-state index is 12.4. The van der Waals surface area contributed by atoms with E-state index in [-0.39, 0.29) is 18.5 Å². The fourth-order valence-electron chi connectivity index (χ4n) is 2.30. The van der Waals surface area contributed by atoms with Crippen molar-refractivity contribution >= 4 is 40.4 Å². The first-order valence-electron chi connectivity index (χ1n) is 5.76. The largest absolute Gasteiger partial charge is 0.322 e. The van der Waals surface area contributed by atoms with Gasteiger partial charge in [-0.1, -0.05) is 36.0 Å². The summed E-state index contributed by atoms with van der Waals surface area (Å²) in [6.07, 6.45) is 4.14. The third-order valence-electron chi connectivity index (χ3n) is 3.15. The van der Waals surface area contributed by atoms with E-state index in [4.69, 9.17) is 28.5 Å². The number of nitrogens with zero attached hydrogens (tertiary/aromatic N) is 2. The molecule has 0 spiro atoms. The molecule has 0 aliphatic heterocycles. The molecule has 1 fully saturated rings. The lowest BCUT2D eigenvalue weighted by Crippen LogP contribution is -2.39. The fourth-order valence-corrected chi connectivity index (χ4v) is 3.75. The van der Waals surface area contributed by atoms with Gasteiger partial charge in [0.25, 0.3) is 5.91 Å². The number of carbonyl (C=O) groups is 1. The SMILES string of the molecule is N#CCN(C(=O)c1cc(Cl)sc1Cl)C1CCCC1. The predicted octanol–water partition coefficient (Wildman–Crippen LogP) is 3.96. The van der Waals surface area contributed by atoms with Crippen molar-refractivity contribution in [3.63, 3.8) is 0 Å². The monoisotopic (exact) mass is 302 g/mol. The van der Waals surface area contributed by atoms with Crippen LogP contribution >= 0.6 is 34.5 Å². The lowest BCUT2D eigenvalue weighted by molar-refractivity contribution is 0.0710. The summed E-state index contributed by atoms with van der Waals surface area (Å²) in [5, 5.41) is 8.87. The van der Waals surface area contributed by atoms with Gasteiger partial charge in [0, 0.05) is 6.04 Å². The van der Waals surface area contributed by atoms with E-state index in [0.29, 0.717) is 14.2 Å². The van der Waals surface area contributed by atoms with Crippen LogP contribution in [0.4, 0.5) is 0 Å². The molecule has 0 saturated heterocycles. The van der Waals surface area contributed by atoms with Crippen molar-refractivity contribution in [3.05, 3.63) is 20.3 Å². The van der Waals surface area contributed by atoms with Crippen LogP contribution < -0.4 is 0 Å². The van der Waals surface area contributed by atoms with Crippen molar-refractivity contribution in [3.8, 4) is 6.07 Å². The Balaban J connectivity index is 2.22. The number of rotatable bonds is 3. The first-order chi connectivity index (χ1) is 8.63. The maximum Gasteiger partial charge on any atom is 0.257 e. The minimum absolute atomic E-state index is 0.104. The minimum atomic E-state index is -0.184. The van der Waals surface area contributed by atoms with E-state index < -0.39 is 0 Å². The van der Waals surface area contributed by atoms with E-state index in [0.717, 1.165) is 25.7 Å². The number of thiophene rings is 1. The van der Waals surface area contributed by atoms with Crippen LogP contribution in [-0.2, 0) is 0 Å². The Labute approximate surface area is 120 Å². The summed E-state index contributed by atoms with van der Waals surface area (Å²) in [7, 11) is 0. The van der Waals surface area contributed by atoms with Crippen LogP contribution in [0.2, 0.25) is 8.67 Å². The Bertz CT molecular complexity index is 489. The molecule has 0 atom stereocenters. The number of carbonyl (C=O) groups excluding carboxylic acids is 1. The highest BCUT2D eigenvalue weighted by molar-refractivity contribution is 7.20. The molecule has 1 heterocycles.